The quantitative estimate of drug-likeness (QED) is 0.199. The SMILES string of the molecule is c1ccc2sc(-c3c(-c4cc5ccccc5s4)c4sc5ccccc5c4c4c3sc3ccccc34)cc2c1. The summed E-state index contributed by atoms with van der Waals surface area (Å²) in [5.74, 6) is 0. The van der Waals surface area contributed by atoms with Gasteiger partial charge in [-0.2, -0.15) is 0 Å². The summed E-state index contributed by atoms with van der Waals surface area (Å²) in [6, 6.07) is 40.3. The summed E-state index contributed by atoms with van der Waals surface area (Å²) >= 11 is 7.75. The van der Waals surface area contributed by atoms with E-state index in [2.05, 4.69) is 109 Å². The minimum Gasteiger partial charge on any atom is -0.135 e. The first-order valence-electron chi connectivity index (χ1n) is 12.6. The van der Waals surface area contributed by atoms with Crippen LogP contribution < -0.4 is 0 Å². The second kappa shape index (κ2) is 7.98. The van der Waals surface area contributed by atoms with E-state index in [9.17, 15) is 0 Å². The topological polar surface area (TPSA) is 0 Å². The summed E-state index contributed by atoms with van der Waals surface area (Å²) in [6.07, 6.45) is 0. The summed E-state index contributed by atoms with van der Waals surface area (Å²) < 4.78 is 8.21. The summed E-state index contributed by atoms with van der Waals surface area (Å²) in [4.78, 5) is 2.71. The molecule has 0 saturated heterocycles. The van der Waals surface area contributed by atoms with E-state index in [1.807, 2.05) is 45.3 Å². The molecule has 178 valence electrons. The highest BCUT2D eigenvalue weighted by Gasteiger charge is 2.25. The fourth-order valence-electron chi connectivity index (χ4n) is 5.85. The van der Waals surface area contributed by atoms with Gasteiger partial charge in [0.15, 0.2) is 0 Å². The maximum atomic E-state index is 2.41. The molecule has 9 aromatic rings. The van der Waals surface area contributed by atoms with Gasteiger partial charge >= 0.3 is 0 Å². The highest BCUT2D eigenvalue weighted by atomic mass is 32.1. The molecule has 0 fully saturated rings. The van der Waals surface area contributed by atoms with E-state index < -0.39 is 0 Å². The highest BCUT2D eigenvalue weighted by Crippen LogP contribution is 2.56. The van der Waals surface area contributed by atoms with Crippen LogP contribution in [0.25, 0.3) is 81.4 Å². The molecule has 0 bridgehead atoms. The molecule has 0 radical (unpaired) electrons. The lowest BCUT2D eigenvalue weighted by Crippen LogP contribution is -1.84. The van der Waals surface area contributed by atoms with Crippen LogP contribution in [0.15, 0.2) is 109 Å². The number of thiophene rings is 4. The van der Waals surface area contributed by atoms with Crippen LogP contribution in [0.4, 0.5) is 0 Å². The third kappa shape index (κ3) is 2.94. The Morgan fingerprint density at radius 2 is 0.763 bits per heavy atom. The van der Waals surface area contributed by atoms with Gasteiger partial charge in [-0.1, -0.05) is 72.8 Å². The molecule has 0 amide bonds. The average Bonchev–Trinajstić information content (AvgIpc) is 3.73. The van der Waals surface area contributed by atoms with Crippen LogP contribution in [0.3, 0.4) is 0 Å². The predicted molar refractivity (Wildman–Crippen MR) is 174 cm³/mol. The molecule has 0 saturated carbocycles. The molecule has 4 heterocycles. The van der Waals surface area contributed by atoms with Crippen LogP contribution in [-0.4, -0.2) is 0 Å². The lowest BCUT2D eigenvalue weighted by atomic mass is 9.95. The minimum absolute atomic E-state index is 1.32. The third-order valence-electron chi connectivity index (χ3n) is 7.49. The molecule has 0 spiro atoms. The number of rotatable bonds is 2. The Morgan fingerprint density at radius 1 is 0.368 bits per heavy atom. The molecule has 0 aliphatic heterocycles. The average molecular weight is 555 g/mol. The van der Waals surface area contributed by atoms with Crippen LogP contribution >= 0.6 is 45.3 Å². The molecule has 0 aliphatic rings. The van der Waals surface area contributed by atoms with Gasteiger partial charge in [0.2, 0.25) is 0 Å². The highest BCUT2D eigenvalue weighted by molar-refractivity contribution is 7.30. The van der Waals surface area contributed by atoms with E-state index in [0.29, 0.717) is 0 Å². The Kier molecular flexibility index (Phi) is 4.49. The Hall–Kier alpha value is -3.54. The molecular formula is C34H18S4. The van der Waals surface area contributed by atoms with Gasteiger partial charge in [0, 0.05) is 70.6 Å². The third-order valence-corrected chi connectivity index (χ3v) is 12.1. The van der Waals surface area contributed by atoms with Crippen molar-refractivity contribution >= 4 is 106 Å². The first-order valence-corrected chi connectivity index (χ1v) is 15.9. The van der Waals surface area contributed by atoms with Crippen molar-refractivity contribution < 1.29 is 0 Å². The number of hydrogen-bond acceptors (Lipinski definition) is 4. The Balaban J connectivity index is 1.57. The van der Waals surface area contributed by atoms with Crippen molar-refractivity contribution in [2.75, 3.05) is 0 Å². The zero-order chi connectivity index (χ0) is 24.8. The van der Waals surface area contributed by atoms with E-state index in [1.54, 1.807) is 0 Å². The monoisotopic (exact) mass is 554 g/mol. The summed E-state index contributed by atoms with van der Waals surface area (Å²) in [6.45, 7) is 0. The molecule has 0 aliphatic carbocycles. The van der Waals surface area contributed by atoms with Gasteiger partial charge in [-0.05, 0) is 47.2 Å². The van der Waals surface area contributed by atoms with E-state index >= 15 is 0 Å². The smallest absolute Gasteiger partial charge is 0.0455 e. The molecule has 38 heavy (non-hydrogen) atoms. The fraction of sp³-hybridized carbons (Fsp3) is 0. The zero-order valence-electron chi connectivity index (χ0n) is 20.0. The Bertz CT molecular complexity index is 2120. The molecule has 0 nitrogen and oxygen atoms in total. The van der Waals surface area contributed by atoms with Crippen molar-refractivity contribution in [3.05, 3.63) is 109 Å². The number of benzene rings is 5. The second-order valence-corrected chi connectivity index (χ2v) is 13.9. The number of hydrogen-bond donors (Lipinski definition) is 0. The fourth-order valence-corrected chi connectivity index (χ4v) is 10.8. The molecule has 5 aromatic carbocycles. The summed E-state index contributed by atoms with van der Waals surface area (Å²) in [5, 5.41) is 8.20. The van der Waals surface area contributed by atoms with E-state index in [4.69, 9.17) is 0 Å². The van der Waals surface area contributed by atoms with Crippen LogP contribution in [0, 0.1) is 0 Å². The molecule has 0 unspecified atom stereocenters. The molecule has 9 rings (SSSR count). The van der Waals surface area contributed by atoms with Crippen molar-refractivity contribution in [2.45, 2.75) is 0 Å². The summed E-state index contributed by atoms with van der Waals surface area (Å²) in [7, 11) is 0. The van der Waals surface area contributed by atoms with Crippen molar-refractivity contribution in [1.82, 2.24) is 0 Å². The molecule has 4 aromatic heterocycles. The van der Waals surface area contributed by atoms with Crippen molar-refractivity contribution in [3.8, 4) is 20.9 Å². The van der Waals surface area contributed by atoms with Gasteiger partial charge in [0.1, 0.15) is 0 Å². The molecule has 4 heteroatoms. The maximum Gasteiger partial charge on any atom is 0.0455 e. The van der Waals surface area contributed by atoms with E-state index in [1.165, 1.54) is 81.4 Å². The maximum absolute atomic E-state index is 2.41. The van der Waals surface area contributed by atoms with Crippen molar-refractivity contribution in [3.63, 3.8) is 0 Å². The van der Waals surface area contributed by atoms with Crippen LogP contribution in [0.5, 0.6) is 0 Å². The van der Waals surface area contributed by atoms with Gasteiger partial charge < -0.3 is 0 Å². The van der Waals surface area contributed by atoms with Crippen molar-refractivity contribution in [1.29, 1.82) is 0 Å². The van der Waals surface area contributed by atoms with Crippen LogP contribution in [0.2, 0.25) is 0 Å². The number of fused-ring (bicyclic) bond motifs is 9. The predicted octanol–water partition coefficient (Wildman–Crippen LogP) is 12.2. The van der Waals surface area contributed by atoms with Gasteiger partial charge in [-0.15, -0.1) is 45.3 Å². The lowest BCUT2D eigenvalue weighted by Gasteiger charge is -2.11. The van der Waals surface area contributed by atoms with Crippen LogP contribution in [0.1, 0.15) is 0 Å². The summed E-state index contributed by atoms with van der Waals surface area (Å²) in [5.41, 5.74) is 2.79. The Labute approximate surface area is 234 Å². The van der Waals surface area contributed by atoms with Gasteiger partial charge in [0.25, 0.3) is 0 Å². The van der Waals surface area contributed by atoms with E-state index in [-0.39, 0.29) is 0 Å². The normalized spacial score (nSPS) is 12.2. The van der Waals surface area contributed by atoms with Gasteiger partial charge in [0.05, 0.1) is 0 Å². The van der Waals surface area contributed by atoms with Gasteiger partial charge in [-0.3, -0.25) is 0 Å². The molecule has 0 atom stereocenters. The minimum atomic E-state index is 1.32. The molecule has 0 N–H and O–H groups in total. The zero-order valence-corrected chi connectivity index (χ0v) is 23.3. The molecular weight excluding hydrogens is 537 g/mol. The first kappa shape index (κ1) is 21.4. The van der Waals surface area contributed by atoms with E-state index in [0.717, 1.165) is 0 Å². The lowest BCUT2D eigenvalue weighted by molar-refractivity contribution is 1.84. The van der Waals surface area contributed by atoms with Crippen LogP contribution in [-0.2, 0) is 0 Å². The van der Waals surface area contributed by atoms with Gasteiger partial charge in [-0.25, -0.2) is 0 Å². The van der Waals surface area contributed by atoms with Crippen molar-refractivity contribution in [2.24, 2.45) is 0 Å². The largest absolute Gasteiger partial charge is 0.135 e. The Morgan fingerprint density at radius 3 is 1.21 bits per heavy atom. The second-order valence-electron chi connectivity index (χ2n) is 9.65. The first-order chi connectivity index (χ1) is 18.8. The standard InChI is InChI=1S/C34H18S4/c1-5-13-23-19(9-1)17-27(35-23)31-32(28-18-20-10-2-6-14-24(20)36-28)34-30(22-12-4-8-16-26(22)38-34)29-21-11-3-7-15-25(21)37-33(29)31/h1-18H.